The van der Waals surface area contributed by atoms with E-state index in [1.54, 1.807) is 11.8 Å². The monoisotopic (exact) mass is 438 g/mol. The molecule has 0 N–H and O–H groups in total. The van der Waals surface area contributed by atoms with E-state index in [1.165, 1.54) is 11.1 Å². The fourth-order valence-corrected chi connectivity index (χ4v) is 5.09. The van der Waals surface area contributed by atoms with Crippen LogP contribution in [0, 0.1) is 5.41 Å². The molecule has 0 aromatic carbocycles. The number of amides is 1. The maximum Gasteiger partial charge on any atom is 0.336 e. The minimum absolute atomic E-state index is 0.162. The molecule has 0 radical (unpaired) electrons. The van der Waals surface area contributed by atoms with Gasteiger partial charge in [-0.25, -0.2) is 4.79 Å². The summed E-state index contributed by atoms with van der Waals surface area (Å²) in [6, 6.07) is 4.14. The third kappa shape index (κ3) is 3.56. The molecule has 0 bridgehead atoms. The summed E-state index contributed by atoms with van der Waals surface area (Å²) in [5, 5.41) is 19.9. The maximum atomic E-state index is 13.3. The number of ether oxygens (including phenoxy) is 1. The lowest BCUT2D eigenvalue weighted by Gasteiger charge is -2.39. The van der Waals surface area contributed by atoms with Gasteiger partial charge in [-0.15, -0.1) is 20.1 Å². The van der Waals surface area contributed by atoms with Crippen molar-refractivity contribution in [3.63, 3.8) is 0 Å². The summed E-state index contributed by atoms with van der Waals surface area (Å²) >= 11 is 0. The number of carbonyl (C=O) groups excluding carboxylic acids is 2. The second-order valence-corrected chi connectivity index (χ2v) is 8.89. The number of cyclic esters (lactones) is 1. The van der Waals surface area contributed by atoms with Gasteiger partial charge in [0, 0.05) is 19.1 Å². The quantitative estimate of drug-likeness (QED) is 0.627. The molecule has 5 rings (SSSR count). The summed E-state index contributed by atoms with van der Waals surface area (Å²) in [5.74, 6) is 0.375. The van der Waals surface area contributed by atoms with Gasteiger partial charge in [0.1, 0.15) is 6.61 Å². The molecule has 32 heavy (non-hydrogen) atoms. The average molecular weight is 438 g/mol. The van der Waals surface area contributed by atoms with Crippen LogP contribution in [0.3, 0.4) is 0 Å². The van der Waals surface area contributed by atoms with Crippen molar-refractivity contribution in [2.45, 2.75) is 51.6 Å². The van der Waals surface area contributed by atoms with Gasteiger partial charge in [0.15, 0.2) is 12.1 Å². The number of esters is 1. The molecule has 0 atom stereocenters. The molecule has 3 aliphatic rings. The highest BCUT2D eigenvalue weighted by Crippen LogP contribution is 2.47. The van der Waals surface area contributed by atoms with Crippen molar-refractivity contribution in [1.82, 2.24) is 40.2 Å². The molecular weight excluding hydrogens is 412 g/mol. The molecule has 2 aromatic rings. The second-order valence-electron chi connectivity index (χ2n) is 8.89. The van der Waals surface area contributed by atoms with Gasteiger partial charge in [-0.1, -0.05) is 0 Å². The van der Waals surface area contributed by atoms with E-state index in [9.17, 15) is 9.59 Å². The Hall–Kier alpha value is -3.21. The molecule has 1 aliphatic carbocycles. The highest BCUT2D eigenvalue weighted by molar-refractivity contribution is 5.94. The van der Waals surface area contributed by atoms with Crippen molar-refractivity contribution in [3.05, 3.63) is 35.4 Å². The molecule has 0 unspecified atom stereocenters. The zero-order chi connectivity index (χ0) is 22.3. The van der Waals surface area contributed by atoms with Crippen LogP contribution in [0.5, 0.6) is 0 Å². The Kier molecular flexibility index (Phi) is 5.20. The van der Waals surface area contributed by atoms with Crippen LogP contribution < -0.4 is 0 Å². The number of hydrogen-bond donors (Lipinski definition) is 0. The van der Waals surface area contributed by atoms with Gasteiger partial charge >= 0.3 is 5.97 Å². The van der Waals surface area contributed by atoms with Gasteiger partial charge < -0.3 is 9.64 Å². The summed E-state index contributed by atoms with van der Waals surface area (Å²) in [4.78, 5) is 30.4. The minimum Gasteiger partial charge on any atom is -0.456 e. The van der Waals surface area contributed by atoms with Gasteiger partial charge in [-0.3, -0.25) is 9.69 Å². The molecule has 2 fully saturated rings. The summed E-state index contributed by atoms with van der Waals surface area (Å²) in [6.07, 6.45) is 5.83. The standard InChI is InChI=1S/C21H26N8O3/c1-14-17(12-32-19(14)30)28-10-9-21(20(28)31)7-5-16(6-8-21)27(2)11-15-3-4-18(25-24-15)29-23-13-22-26-29/h3-4,13,16H,5-12H2,1-2H3. The lowest BCUT2D eigenvalue weighted by atomic mass is 9.71. The van der Waals surface area contributed by atoms with Crippen LogP contribution in [0.2, 0.25) is 0 Å². The predicted octanol–water partition coefficient (Wildman–Crippen LogP) is 0.876. The van der Waals surface area contributed by atoms with E-state index in [0.717, 1.165) is 43.5 Å². The van der Waals surface area contributed by atoms with E-state index in [4.69, 9.17) is 4.74 Å². The smallest absolute Gasteiger partial charge is 0.336 e. The number of aromatic nitrogens is 6. The molecule has 2 aromatic heterocycles. The number of rotatable bonds is 5. The molecule has 1 saturated carbocycles. The Morgan fingerprint density at radius 2 is 2.00 bits per heavy atom. The van der Waals surface area contributed by atoms with Crippen LogP contribution in [0.1, 0.15) is 44.7 Å². The van der Waals surface area contributed by atoms with Gasteiger partial charge in [0.25, 0.3) is 0 Å². The molecule has 4 heterocycles. The third-order valence-electron chi connectivity index (χ3n) is 7.12. The molecule has 168 valence electrons. The second kappa shape index (κ2) is 8.05. The highest BCUT2D eigenvalue weighted by atomic mass is 16.5. The fourth-order valence-electron chi connectivity index (χ4n) is 5.09. The number of tetrazole rings is 1. The first-order valence-corrected chi connectivity index (χ1v) is 10.9. The Morgan fingerprint density at radius 1 is 1.19 bits per heavy atom. The molecule has 2 aliphatic heterocycles. The fraction of sp³-hybridized carbons (Fsp3) is 0.571. The Bertz CT molecular complexity index is 1040. The first-order chi connectivity index (χ1) is 15.5. The van der Waals surface area contributed by atoms with E-state index in [0.29, 0.717) is 30.5 Å². The first-order valence-electron chi connectivity index (χ1n) is 10.9. The minimum atomic E-state index is -0.312. The number of likely N-dealkylation sites (tertiary alicyclic amines) is 1. The van der Waals surface area contributed by atoms with E-state index in [1.807, 2.05) is 12.1 Å². The summed E-state index contributed by atoms with van der Waals surface area (Å²) < 4.78 is 5.11. The summed E-state index contributed by atoms with van der Waals surface area (Å²) in [6.45, 7) is 3.31. The van der Waals surface area contributed by atoms with E-state index in [2.05, 4.69) is 37.6 Å². The van der Waals surface area contributed by atoms with Crippen LogP contribution in [-0.2, 0) is 20.9 Å². The van der Waals surface area contributed by atoms with Crippen molar-refractivity contribution < 1.29 is 14.3 Å². The van der Waals surface area contributed by atoms with Crippen molar-refractivity contribution >= 4 is 11.9 Å². The number of carbonyl (C=O) groups is 2. The van der Waals surface area contributed by atoms with Crippen molar-refractivity contribution in [2.24, 2.45) is 5.41 Å². The van der Waals surface area contributed by atoms with Crippen molar-refractivity contribution in [1.29, 1.82) is 0 Å². The SMILES string of the molecule is CC1=C(N2CCC3(CCC(N(C)Cc4ccc(-n5ncnn5)nn4)CC3)C2=O)COC1=O. The molecule has 11 nitrogen and oxygen atoms in total. The molecule has 1 spiro atoms. The third-order valence-corrected chi connectivity index (χ3v) is 7.12. The lowest BCUT2D eigenvalue weighted by molar-refractivity contribution is -0.138. The lowest BCUT2D eigenvalue weighted by Crippen LogP contribution is -2.42. The van der Waals surface area contributed by atoms with Crippen LogP contribution in [0.4, 0.5) is 0 Å². The van der Waals surface area contributed by atoms with Crippen LogP contribution in [-0.4, -0.2) is 78.3 Å². The zero-order valence-corrected chi connectivity index (χ0v) is 18.3. The van der Waals surface area contributed by atoms with Gasteiger partial charge in [0.2, 0.25) is 5.91 Å². The van der Waals surface area contributed by atoms with E-state index in [-0.39, 0.29) is 23.9 Å². The maximum absolute atomic E-state index is 13.3. The molecule has 1 saturated heterocycles. The Labute approximate surface area is 185 Å². The Balaban J connectivity index is 1.18. The van der Waals surface area contributed by atoms with Crippen LogP contribution in [0.25, 0.3) is 5.82 Å². The van der Waals surface area contributed by atoms with Gasteiger partial charge in [0.05, 0.1) is 22.4 Å². The summed E-state index contributed by atoms with van der Waals surface area (Å²) in [5.41, 5.74) is 1.88. The van der Waals surface area contributed by atoms with Crippen LogP contribution in [0.15, 0.2) is 29.7 Å². The topological polar surface area (TPSA) is 119 Å². The average Bonchev–Trinajstić information content (AvgIpc) is 3.52. The van der Waals surface area contributed by atoms with Crippen molar-refractivity contribution in [2.75, 3.05) is 20.2 Å². The predicted molar refractivity (Wildman–Crippen MR) is 111 cm³/mol. The van der Waals surface area contributed by atoms with Gasteiger partial charge in [-0.05, 0) is 63.4 Å². The highest BCUT2D eigenvalue weighted by Gasteiger charge is 2.50. The van der Waals surface area contributed by atoms with Crippen LogP contribution >= 0.6 is 0 Å². The van der Waals surface area contributed by atoms with Crippen molar-refractivity contribution in [3.8, 4) is 5.82 Å². The zero-order valence-electron chi connectivity index (χ0n) is 18.3. The molecule has 1 amide bonds. The largest absolute Gasteiger partial charge is 0.456 e. The van der Waals surface area contributed by atoms with Gasteiger partial charge in [-0.2, -0.15) is 5.10 Å². The molecule has 11 heteroatoms. The summed E-state index contributed by atoms with van der Waals surface area (Å²) in [7, 11) is 2.09. The Morgan fingerprint density at radius 3 is 2.62 bits per heavy atom. The van der Waals surface area contributed by atoms with E-state index < -0.39 is 0 Å². The normalized spacial score (nSPS) is 26.0. The number of nitrogens with zero attached hydrogens (tertiary/aromatic N) is 8. The first kappa shape index (κ1) is 20.7. The molecular formula is C21H26N8O3. The van der Waals surface area contributed by atoms with E-state index >= 15 is 0 Å². The number of hydrogen-bond acceptors (Lipinski definition) is 9.